The summed E-state index contributed by atoms with van der Waals surface area (Å²) in [7, 11) is -1.76. The van der Waals surface area contributed by atoms with E-state index in [1.54, 1.807) is 0 Å². The standard InChI is InChI=1S/C24H26P.BrH/c1-3-4-14-21(2)25(22-15-8-5-9-16-22,23-17-10-6-11-18-23)24-19-12-7-13-20-24;/h4-21H,3H2,1-2H3;1H/q+1;/p-1/b14-4+;. The van der Waals surface area contributed by atoms with Crippen molar-refractivity contribution in [1.82, 2.24) is 0 Å². The first-order chi connectivity index (χ1) is 12.3. The van der Waals surface area contributed by atoms with E-state index in [2.05, 4.69) is 117 Å². The lowest BCUT2D eigenvalue weighted by molar-refractivity contribution is -0.00000495. The van der Waals surface area contributed by atoms with Gasteiger partial charge in [0.2, 0.25) is 0 Å². The van der Waals surface area contributed by atoms with Crippen LogP contribution in [-0.2, 0) is 0 Å². The molecule has 3 aromatic rings. The maximum Gasteiger partial charge on any atom is 0.118 e. The molecule has 0 aliphatic heterocycles. The van der Waals surface area contributed by atoms with Gasteiger partial charge < -0.3 is 17.0 Å². The molecule has 0 amide bonds. The van der Waals surface area contributed by atoms with Gasteiger partial charge in [0.05, 0.1) is 5.66 Å². The van der Waals surface area contributed by atoms with Crippen LogP contribution in [0.4, 0.5) is 0 Å². The van der Waals surface area contributed by atoms with Gasteiger partial charge in [0, 0.05) is 0 Å². The quantitative estimate of drug-likeness (QED) is 0.420. The Kier molecular flexibility index (Phi) is 7.82. The van der Waals surface area contributed by atoms with Crippen LogP contribution in [0.3, 0.4) is 0 Å². The highest BCUT2D eigenvalue weighted by atomic mass is 79.9. The summed E-state index contributed by atoms with van der Waals surface area (Å²) >= 11 is 0. The summed E-state index contributed by atoms with van der Waals surface area (Å²) < 4.78 is 0. The highest BCUT2D eigenvalue weighted by molar-refractivity contribution is 7.96. The van der Waals surface area contributed by atoms with Gasteiger partial charge >= 0.3 is 0 Å². The van der Waals surface area contributed by atoms with Crippen LogP contribution < -0.4 is 32.9 Å². The molecule has 0 aliphatic carbocycles. The van der Waals surface area contributed by atoms with Crippen LogP contribution in [-0.4, -0.2) is 5.66 Å². The molecule has 0 N–H and O–H groups in total. The van der Waals surface area contributed by atoms with Crippen LogP contribution in [0.25, 0.3) is 0 Å². The Morgan fingerprint density at radius 3 is 1.35 bits per heavy atom. The second-order valence-corrected chi connectivity index (χ2v) is 10.1. The van der Waals surface area contributed by atoms with Gasteiger partial charge in [-0.3, -0.25) is 0 Å². The molecule has 1 unspecified atom stereocenters. The van der Waals surface area contributed by atoms with Crippen molar-refractivity contribution in [2.45, 2.75) is 25.9 Å². The van der Waals surface area contributed by atoms with Crippen molar-refractivity contribution in [1.29, 1.82) is 0 Å². The summed E-state index contributed by atoms with van der Waals surface area (Å²) in [6.45, 7) is 4.59. The second-order valence-electron chi connectivity index (χ2n) is 6.31. The minimum Gasteiger partial charge on any atom is -1.00 e. The van der Waals surface area contributed by atoms with E-state index >= 15 is 0 Å². The van der Waals surface area contributed by atoms with Crippen molar-refractivity contribution in [2.75, 3.05) is 0 Å². The van der Waals surface area contributed by atoms with Crippen LogP contribution in [0.2, 0.25) is 0 Å². The molecule has 26 heavy (non-hydrogen) atoms. The van der Waals surface area contributed by atoms with Gasteiger partial charge in [0.1, 0.15) is 23.2 Å². The van der Waals surface area contributed by atoms with Crippen LogP contribution >= 0.6 is 7.26 Å². The molecule has 3 aromatic carbocycles. The molecule has 0 heterocycles. The lowest BCUT2D eigenvalue weighted by Gasteiger charge is -2.31. The van der Waals surface area contributed by atoms with Crippen LogP contribution in [0.5, 0.6) is 0 Å². The summed E-state index contributed by atoms with van der Waals surface area (Å²) in [6.07, 6.45) is 5.80. The van der Waals surface area contributed by atoms with Gasteiger partial charge in [-0.05, 0) is 55.8 Å². The van der Waals surface area contributed by atoms with E-state index in [0.29, 0.717) is 5.66 Å². The molecule has 1 atom stereocenters. The number of allylic oxidation sites excluding steroid dienone is 2. The first-order valence-electron chi connectivity index (χ1n) is 9.02. The van der Waals surface area contributed by atoms with Gasteiger partial charge in [-0.15, -0.1) is 0 Å². The molecule has 0 saturated carbocycles. The Morgan fingerprint density at radius 2 is 1.04 bits per heavy atom. The number of hydrogen-bond donors (Lipinski definition) is 0. The van der Waals surface area contributed by atoms with E-state index in [0.717, 1.165) is 6.42 Å². The normalized spacial score (nSPS) is 12.5. The smallest absolute Gasteiger partial charge is 0.118 e. The van der Waals surface area contributed by atoms with E-state index in [9.17, 15) is 0 Å². The highest BCUT2D eigenvalue weighted by Gasteiger charge is 2.49. The predicted octanol–water partition coefficient (Wildman–Crippen LogP) is 2.34. The third kappa shape index (κ3) is 4.00. The molecule has 0 fully saturated rings. The summed E-state index contributed by atoms with van der Waals surface area (Å²) in [4.78, 5) is 0. The van der Waals surface area contributed by atoms with E-state index in [1.807, 2.05) is 0 Å². The molecule has 0 aromatic heterocycles. The summed E-state index contributed by atoms with van der Waals surface area (Å²) in [5.41, 5.74) is 0.444. The number of rotatable bonds is 6. The number of halogens is 1. The fourth-order valence-electron chi connectivity index (χ4n) is 3.60. The molecule has 134 valence electrons. The van der Waals surface area contributed by atoms with Crippen molar-refractivity contribution in [3.8, 4) is 0 Å². The van der Waals surface area contributed by atoms with E-state index in [-0.39, 0.29) is 17.0 Å². The Morgan fingerprint density at radius 1 is 0.692 bits per heavy atom. The molecular weight excluding hydrogens is 399 g/mol. The third-order valence-electron chi connectivity index (χ3n) is 4.75. The predicted molar refractivity (Wildman–Crippen MR) is 114 cm³/mol. The minimum atomic E-state index is -1.76. The fraction of sp³-hybridized carbons (Fsp3) is 0.167. The van der Waals surface area contributed by atoms with Crippen molar-refractivity contribution in [3.63, 3.8) is 0 Å². The number of hydrogen-bond acceptors (Lipinski definition) is 0. The van der Waals surface area contributed by atoms with Gasteiger partial charge in [-0.25, -0.2) is 0 Å². The largest absolute Gasteiger partial charge is 1.00 e. The Hall–Kier alpha value is -1.69. The molecule has 2 heteroatoms. The molecule has 3 rings (SSSR count). The van der Waals surface area contributed by atoms with Crippen LogP contribution in [0.1, 0.15) is 20.3 Å². The van der Waals surface area contributed by atoms with E-state index in [1.165, 1.54) is 15.9 Å². The topological polar surface area (TPSA) is 0 Å². The fourth-order valence-corrected chi connectivity index (χ4v) is 8.22. The molecule has 0 saturated heterocycles. The van der Waals surface area contributed by atoms with Crippen molar-refractivity contribution < 1.29 is 17.0 Å². The lowest BCUT2D eigenvalue weighted by atomic mass is 10.3. The second kappa shape index (κ2) is 9.86. The average molecular weight is 425 g/mol. The maximum atomic E-state index is 2.42. The zero-order valence-corrected chi connectivity index (χ0v) is 17.9. The van der Waals surface area contributed by atoms with E-state index < -0.39 is 7.26 Å². The first-order valence-corrected chi connectivity index (χ1v) is 10.9. The lowest BCUT2D eigenvalue weighted by Crippen LogP contribution is -3.00. The summed E-state index contributed by atoms with van der Waals surface area (Å²) in [6, 6.07) is 33.2. The zero-order chi connectivity index (χ0) is 17.5. The van der Waals surface area contributed by atoms with Crippen molar-refractivity contribution in [2.24, 2.45) is 0 Å². The maximum absolute atomic E-state index is 2.42. The molecule has 0 spiro atoms. The monoisotopic (exact) mass is 424 g/mol. The average Bonchev–Trinajstić information content (AvgIpc) is 2.69. The van der Waals surface area contributed by atoms with Gasteiger partial charge in [-0.2, -0.15) is 0 Å². The van der Waals surface area contributed by atoms with Crippen molar-refractivity contribution >= 4 is 23.2 Å². The van der Waals surface area contributed by atoms with Crippen LogP contribution in [0, 0.1) is 0 Å². The summed E-state index contributed by atoms with van der Waals surface area (Å²) in [5, 5.41) is 4.34. The third-order valence-corrected chi connectivity index (χ3v) is 9.48. The minimum absolute atomic E-state index is 0. The molecule has 0 nitrogen and oxygen atoms in total. The highest BCUT2D eigenvalue weighted by Crippen LogP contribution is 2.60. The Balaban J connectivity index is 0.00000243. The molecule has 0 bridgehead atoms. The molecule has 0 aliphatic rings. The Labute approximate surface area is 169 Å². The van der Waals surface area contributed by atoms with Crippen molar-refractivity contribution in [3.05, 3.63) is 103 Å². The summed E-state index contributed by atoms with van der Waals surface area (Å²) in [5.74, 6) is 0. The van der Waals surface area contributed by atoms with E-state index in [4.69, 9.17) is 0 Å². The van der Waals surface area contributed by atoms with Crippen LogP contribution in [0.15, 0.2) is 103 Å². The first kappa shape index (κ1) is 20.6. The molecule has 0 radical (unpaired) electrons. The molecular formula is C24H26BrP. The zero-order valence-electron chi connectivity index (χ0n) is 15.4. The van der Waals surface area contributed by atoms with Gasteiger partial charge in [0.25, 0.3) is 0 Å². The SMILES string of the molecule is CC/C=C/C(C)[P+](c1ccccc1)(c1ccccc1)c1ccccc1.[Br-]. The Bertz CT molecular complexity index is 701. The van der Waals surface area contributed by atoms with Gasteiger partial charge in [-0.1, -0.05) is 67.6 Å². The van der Waals surface area contributed by atoms with Gasteiger partial charge in [0.15, 0.2) is 0 Å². The number of benzene rings is 3.